The first-order valence-corrected chi connectivity index (χ1v) is 34.4. The molecule has 0 saturated heterocycles. The van der Waals surface area contributed by atoms with Gasteiger partial charge in [0.05, 0.1) is 25.4 Å². The van der Waals surface area contributed by atoms with E-state index in [1.807, 2.05) is 6.08 Å². The van der Waals surface area contributed by atoms with Crippen molar-refractivity contribution in [3.63, 3.8) is 0 Å². The molecule has 0 aromatic carbocycles. The highest BCUT2D eigenvalue weighted by Crippen LogP contribution is 2.18. The van der Waals surface area contributed by atoms with Gasteiger partial charge in [0.2, 0.25) is 5.91 Å². The number of esters is 1. The zero-order chi connectivity index (χ0) is 55.7. The number of unbranched alkanes of at least 4 members (excludes halogenated alkanes) is 47. The van der Waals surface area contributed by atoms with Crippen molar-refractivity contribution in [1.82, 2.24) is 5.32 Å². The molecule has 0 bridgehead atoms. The van der Waals surface area contributed by atoms with E-state index < -0.39 is 12.1 Å². The molecule has 77 heavy (non-hydrogen) atoms. The predicted octanol–water partition coefficient (Wildman–Crippen LogP) is 22.1. The molecular formula is C71H133NO5. The average Bonchev–Trinajstić information content (AvgIpc) is 3.43. The Morgan fingerprint density at radius 1 is 0.364 bits per heavy atom. The number of carbonyl (C=O) groups excluding carboxylic acids is 2. The van der Waals surface area contributed by atoms with Crippen molar-refractivity contribution < 1.29 is 24.5 Å². The first-order valence-electron chi connectivity index (χ1n) is 34.4. The number of ether oxygens (including phenoxy) is 1. The minimum atomic E-state index is -0.848. The third-order valence-electron chi connectivity index (χ3n) is 15.8. The largest absolute Gasteiger partial charge is 0.466 e. The van der Waals surface area contributed by atoms with Crippen LogP contribution in [0.3, 0.4) is 0 Å². The van der Waals surface area contributed by atoms with Crippen LogP contribution in [-0.2, 0) is 14.3 Å². The summed E-state index contributed by atoms with van der Waals surface area (Å²) in [7, 11) is 0. The van der Waals surface area contributed by atoms with Crippen molar-refractivity contribution in [1.29, 1.82) is 0 Å². The van der Waals surface area contributed by atoms with Gasteiger partial charge >= 0.3 is 5.97 Å². The molecule has 0 rings (SSSR count). The standard InChI is InChI=1S/C71H133NO5/c1-3-5-7-9-11-13-15-17-19-20-21-29-32-36-39-43-47-51-55-59-63-69(74)68(67-73)72-70(75)64-60-56-52-48-44-40-37-33-30-27-25-23-22-24-26-28-31-34-38-42-46-50-54-58-62-66-77-71(76)65-61-57-53-49-45-41-35-18-16-14-12-10-8-6-4-2/h12,14,18,23,25,35,59,63,68-69,73-74H,3-11,13,15-17,19-22,24,26-34,36-58,60-62,64-67H2,1-2H3,(H,72,75)/b14-12-,25-23-,35-18-,63-59+. The van der Waals surface area contributed by atoms with Crippen molar-refractivity contribution >= 4 is 11.9 Å². The highest BCUT2D eigenvalue weighted by Gasteiger charge is 2.18. The fourth-order valence-corrected chi connectivity index (χ4v) is 10.5. The van der Waals surface area contributed by atoms with Gasteiger partial charge in [-0.25, -0.2) is 0 Å². The summed E-state index contributed by atoms with van der Waals surface area (Å²) in [5.74, 6) is -0.0695. The minimum Gasteiger partial charge on any atom is -0.466 e. The Labute approximate surface area is 480 Å². The summed E-state index contributed by atoms with van der Waals surface area (Å²) in [5, 5.41) is 23.2. The predicted molar refractivity (Wildman–Crippen MR) is 338 cm³/mol. The second-order valence-electron chi connectivity index (χ2n) is 23.5. The van der Waals surface area contributed by atoms with Gasteiger partial charge in [0.15, 0.2) is 0 Å². The maximum absolute atomic E-state index is 12.5. The van der Waals surface area contributed by atoms with Crippen molar-refractivity contribution in [3.05, 3.63) is 48.6 Å². The molecule has 0 aromatic rings. The van der Waals surface area contributed by atoms with Gasteiger partial charge in [-0.05, 0) is 89.9 Å². The minimum absolute atomic E-state index is 0.000928. The number of hydrogen-bond donors (Lipinski definition) is 3. The zero-order valence-electron chi connectivity index (χ0n) is 51.7. The van der Waals surface area contributed by atoms with E-state index in [1.165, 1.54) is 289 Å². The lowest BCUT2D eigenvalue weighted by molar-refractivity contribution is -0.143. The van der Waals surface area contributed by atoms with Crippen molar-refractivity contribution in [2.24, 2.45) is 0 Å². The number of rotatable bonds is 64. The molecule has 0 aliphatic heterocycles. The van der Waals surface area contributed by atoms with E-state index >= 15 is 0 Å². The number of aliphatic hydroxyl groups is 2. The van der Waals surface area contributed by atoms with Crippen LogP contribution < -0.4 is 5.32 Å². The van der Waals surface area contributed by atoms with Crippen molar-refractivity contribution in [3.8, 4) is 0 Å². The highest BCUT2D eigenvalue weighted by atomic mass is 16.5. The Balaban J connectivity index is 3.43. The lowest BCUT2D eigenvalue weighted by Gasteiger charge is -2.20. The number of carbonyl (C=O) groups is 2. The molecule has 0 fully saturated rings. The van der Waals surface area contributed by atoms with Gasteiger partial charge in [-0.2, -0.15) is 0 Å². The summed E-state index contributed by atoms with van der Waals surface area (Å²) in [6.07, 6.45) is 86.0. The highest BCUT2D eigenvalue weighted by molar-refractivity contribution is 5.76. The van der Waals surface area contributed by atoms with E-state index in [-0.39, 0.29) is 18.5 Å². The molecule has 0 aromatic heterocycles. The third-order valence-corrected chi connectivity index (χ3v) is 15.8. The first-order chi connectivity index (χ1) is 38.0. The molecule has 0 radical (unpaired) electrons. The van der Waals surface area contributed by atoms with E-state index in [2.05, 4.69) is 55.6 Å². The number of aliphatic hydroxyl groups excluding tert-OH is 2. The Morgan fingerprint density at radius 2 is 0.649 bits per heavy atom. The third kappa shape index (κ3) is 62.9. The van der Waals surface area contributed by atoms with Crippen LogP contribution in [0.1, 0.15) is 367 Å². The van der Waals surface area contributed by atoms with Gasteiger partial charge < -0.3 is 20.3 Å². The lowest BCUT2D eigenvalue weighted by atomic mass is 10.0. The van der Waals surface area contributed by atoms with Gasteiger partial charge in [0.1, 0.15) is 0 Å². The van der Waals surface area contributed by atoms with E-state index in [0.29, 0.717) is 19.4 Å². The quantitative estimate of drug-likeness (QED) is 0.0320. The van der Waals surface area contributed by atoms with E-state index in [4.69, 9.17) is 4.74 Å². The van der Waals surface area contributed by atoms with Crippen LogP contribution >= 0.6 is 0 Å². The molecule has 3 N–H and O–H groups in total. The lowest BCUT2D eigenvalue weighted by Crippen LogP contribution is -2.45. The fraction of sp³-hybridized carbons (Fsp3) is 0.859. The SMILES string of the molecule is CCCCC/C=C\C/C=C\CCCCCCCC(=O)OCCCCCCCCCCCCCC/C=C\CCCCCCCCCCCC(=O)NC(CO)C(O)/C=C/CCCCCCCCCCCCCCCCCCCC. The molecule has 452 valence electrons. The molecule has 0 aliphatic carbocycles. The molecule has 1 amide bonds. The van der Waals surface area contributed by atoms with E-state index in [0.717, 1.165) is 51.4 Å². The van der Waals surface area contributed by atoms with Gasteiger partial charge in [-0.15, -0.1) is 0 Å². The normalized spacial score (nSPS) is 12.8. The van der Waals surface area contributed by atoms with Crippen LogP contribution in [0.2, 0.25) is 0 Å². The van der Waals surface area contributed by atoms with Crippen LogP contribution in [0, 0.1) is 0 Å². The second-order valence-corrected chi connectivity index (χ2v) is 23.5. The molecule has 0 saturated carbocycles. The molecule has 0 spiro atoms. The monoisotopic (exact) mass is 1080 g/mol. The van der Waals surface area contributed by atoms with Gasteiger partial charge in [-0.3, -0.25) is 9.59 Å². The number of nitrogens with one attached hydrogen (secondary N) is 1. The van der Waals surface area contributed by atoms with Gasteiger partial charge in [-0.1, -0.05) is 313 Å². The van der Waals surface area contributed by atoms with Crippen LogP contribution in [0.4, 0.5) is 0 Å². The average molecular weight is 1080 g/mol. The van der Waals surface area contributed by atoms with Gasteiger partial charge in [0, 0.05) is 12.8 Å². The summed E-state index contributed by atoms with van der Waals surface area (Å²) >= 11 is 0. The van der Waals surface area contributed by atoms with Crippen LogP contribution in [0.25, 0.3) is 0 Å². The Morgan fingerprint density at radius 3 is 1.03 bits per heavy atom. The smallest absolute Gasteiger partial charge is 0.305 e. The Kier molecular flexibility index (Phi) is 64.5. The summed E-state index contributed by atoms with van der Waals surface area (Å²) in [6, 6.07) is -0.632. The second kappa shape index (κ2) is 66.3. The molecule has 0 aliphatic rings. The molecule has 2 unspecified atom stereocenters. The molecule has 6 nitrogen and oxygen atoms in total. The van der Waals surface area contributed by atoms with E-state index in [1.54, 1.807) is 6.08 Å². The Hall–Kier alpha value is -2.18. The number of amides is 1. The van der Waals surface area contributed by atoms with Gasteiger partial charge in [0.25, 0.3) is 0 Å². The number of allylic oxidation sites excluding steroid dienone is 7. The van der Waals surface area contributed by atoms with Crippen LogP contribution in [-0.4, -0.2) is 47.4 Å². The molecule has 0 heterocycles. The van der Waals surface area contributed by atoms with Crippen LogP contribution in [0.15, 0.2) is 48.6 Å². The number of hydrogen-bond acceptors (Lipinski definition) is 5. The van der Waals surface area contributed by atoms with E-state index in [9.17, 15) is 19.8 Å². The Bertz CT molecular complexity index is 1290. The molecular weight excluding hydrogens is 947 g/mol. The van der Waals surface area contributed by atoms with Crippen molar-refractivity contribution in [2.45, 2.75) is 379 Å². The summed E-state index contributed by atoms with van der Waals surface area (Å²) in [5.41, 5.74) is 0. The maximum Gasteiger partial charge on any atom is 0.305 e. The van der Waals surface area contributed by atoms with Crippen molar-refractivity contribution in [2.75, 3.05) is 13.2 Å². The first kappa shape index (κ1) is 74.8. The maximum atomic E-state index is 12.5. The summed E-state index contributed by atoms with van der Waals surface area (Å²) < 4.78 is 5.48. The summed E-state index contributed by atoms with van der Waals surface area (Å²) in [6.45, 7) is 4.89. The summed E-state index contributed by atoms with van der Waals surface area (Å²) in [4.78, 5) is 24.6. The fourth-order valence-electron chi connectivity index (χ4n) is 10.5. The molecule has 2 atom stereocenters. The molecule has 6 heteroatoms. The zero-order valence-corrected chi connectivity index (χ0v) is 51.7. The van der Waals surface area contributed by atoms with Crippen LogP contribution in [0.5, 0.6) is 0 Å². The topological polar surface area (TPSA) is 95.9 Å².